The number of rotatable bonds is 2. The second-order valence-electron chi connectivity index (χ2n) is 8.33. The van der Waals surface area contributed by atoms with E-state index in [0.717, 1.165) is 38.8 Å². The molecule has 138 valence electrons. The van der Waals surface area contributed by atoms with Crippen LogP contribution in [-0.2, 0) is 14.8 Å². The summed E-state index contributed by atoms with van der Waals surface area (Å²) in [5, 5.41) is 0. The fourth-order valence-corrected chi connectivity index (χ4v) is 5.68. The van der Waals surface area contributed by atoms with Crippen LogP contribution in [0.4, 0.5) is 0 Å². The largest absolute Gasteiger partial charge is 0.340 e. The van der Waals surface area contributed by atoms with Crippen molar-refractivity contribution >= 4 is 15.9 Å². The normalized spacial score (nSPS) is 30.1. The first-order chi connectivity index (χ1) is 11.2. The van der Waals surface area contributed by atoms with Gasteiger partial charge in [-0.25, -0.2) is 8.42 Å². The van der Waals surface area contributed by atoms with Gasteiger partial charge in [-0.15, -0.1) is 0 Å². The number of amides is 1. The van der Waals surface area contributed by atoms with E-state index in [9.17, 15) is 13.2 Å². The van der Waals surface area contributed by atoms with Crippen LogP contribution in [0.2, 0.25) is 0 Å². The van der Waals surface area contributed by atoms with Crippen molar-refractivity contribution in [2.24, 2.45) is 5.92 Å². The quantitative estimate of drug-likeness (QED) is 0.743. The third kappa shape index (κ3) is 3.63. The minimum Gasteiger partial charge on any atom is -0.340 e. The Morgan fingerprint density at radius 3 is 2.33 bits per heavy atom. The molecule has 0 aromatic rings. The number of hydrogen-bond donors (Lipinski definition) is 0. The molecule has 1 amide bonds. The molecule has 2 aliphatic heterocycles. The van der Waals surface area contributed by atoms with E-state index in [1.165, 1.54) is 12.7 Å². The van der Waals surface area contributed by atoms with Gasteiger partial charge < -0.3 is 4.90 Å². The first kappa shape index (κ1) is 18.1. The molecule has 1 atom stereocenters. The Bertz CT molecular complexity index is 584. The summed E-state index contributed by atoms with van der Waals surface area (Å²) >= 11 is 0. The topological polar surface area (TPSA) is 60.9 Å². The van der Waals surface area contributed by atoms with Crippen LogP contribution in [0, 0.1) is 5.92 Å². The van der Waals surface area contributed by atoms with Crippen LogP contribution in [0.1, 0.15) is 46.0 Å². The lowest BCUT2D eigenvalue weighted by molar-refractivity contribution is -0.142. The molecule has 2 saturated heterocycles. The van der Waals surface area contributed by atoms with Crippen molar-refractivity contribution < 1.29 is 13.2 Å². The number of carbonyl (C=O) groups excluding carboxylic acids is 1. The highest BCUT2D eigenvalue weighted by atomic mass is 32.2. The molecule has 0 aromatic heterocycles. The third-order valence-electron chi connectivity index (χ3n) is 5.97. The number of piperazine rings is 2. The molecule has 1 aliphatic carbocycles. The summed E-state index contributed by atoms with van der Waals surface area (Å²) in [5.41, 5.74) is -0.189. The lowest BCUT2D eigenvalue weighted by Gasteiger charge is -2.55. The number of nitrogens with zero attached hydrogens (tertiary/aromatic N) is 3. The van der Waals surface area contributed by atoms with E-state index >= 15 is 0 Å². The predicted octanol–water partition coefficient (Wildman–Crippen LogP) is 1.13. The monoisotopic (exact) mass is 357 g/mol. The molecule has 6 nitrogen and oxygen atoms in total. The summed E-state index contributed by atoms with van der Waals surface area (Å²) in [6.45, 7) is 7.51. The van der Waals surface area contributed by atoms with Crippen molar-refractivity contribution in [3.63, 3.8) is 0 Å². The fourth-order valence-electron chi connectivity index (χ4n) is 4.69. The molecule has 3 rings (SSSR count). The Morgan fingerprint density at radius 2 is 1.71 bits per heavy atom. The van der Waals surface area contributed by atoms with Crippen molar-refractivity contribution in [2.75, 3.05) is 39.0 Å². The Kier molecular flexibility index (Phi) is 4.97. The first-order valence-corrected chi connectivity index (χ1v) is 11.0. The molecule has 0 spiro atoms. The van der Waals surface area contributed by atoms with Crippen molar-refractivity contribution in [3.8, 4) is 0 Å². The highest BCUT2D eigenvalue weighted by molar-refractivity contribution is 7.88. The molecule has 3 aliphatic rings. The summed E-state index contributed by atoms with van der Waals surface area (Å²) in [4.78, 5) is 17.2. The average Bonchev–Trinajstić information content (AvgIpc) is 2.53. The maximum Gasteiger partial charge on any atom is 0.225 e. The summed E-state index contributed by atoms with van der Waals surface area (Å²) in [6.07, 6.45) is 6.89. The maximum absolute atomic E-state index is 12.8. The van der Waals surface area contributed by atoms with Gasteiger partial charge in [-0.2, -0.15) is 4.31 Å². The van der Waals surface area contributed by atoms with E-state index in [4.69, 9.17) is 0 Å². The van der Waals surface area contributed by atoms with E-state index in [-0.39, 0.29) is 17.5 Å². The van der Waals surface area contributed by atoms with E-state index in [0.29, 0.717) is 25.5 Å². The Balaban J connectivity index is 1.71. The molecular weight excluding hydrogens is 326 g/mol. The van der Waals surface area contributed by atoms with Crippen LogP contribution in [0.25, 0.3) is 0 Å². The van der Waals surface area contributed by atoms with E-state index in [2.05, 4.69) is 18.7 Å². The zero-order valence-corrected chi connectivity index (χ0v) is 16.0. The molecular formula is C17H31N3O3S. The minimum atomic E-state index is -3.20. The van der Waals surface area contributed by atoms with Gasteiger partial charge in [0.05, 0.1) is 6.26 Å². The number of sulfonamides is 1. The van der Waals surface area contributed by atoms with Crippen LogP contribution < -0.4 is 0 Å². The summed E-state index contributed by atoms with van der Waals surface area (Å²) in [7, 11) is -3.20. The third-order valence-corrected chi connectivity index (χ3v) is 7.19. The van der Waals surface area contributed by atoms with Crippen molar-refractivity contribution in [1.29, 1.82) is 0 Å². The Morgan fingerprint density at radius 1 is 1.04 bits per heavy atom. The van der Waals surface area contributed by atoms with Gasteiger partial charge >= 0.3 is 0 Å². The van der Waals surface area contributed by atoms with Gasteiger partial charge in [-0.3, -0.25) is 9.69 Å². The number of carbonyl (C=O) groups is 1. The lowest BCUT2D eigenvalue weighted by Crippen LogP contribution is -2.70. The van der Waals surface area contributed by atoms with Crippen molar-refractivity contribution in [2.45, 2.75) is 57.5 Å². The molecule has 1 unspecified atom stereocenters. The van der Waals surface area contributed by atoms with E-state index in [1.54, 1.807) is 4.31 Å². The summed E-state index contributed by atoms with van der Waals surface area (Å²) in [5.74, 6) is 0.483. The van der Waals surface area contributed by atoms with Gasteiger partial charge in [-0.05, 0) is 26.7 Å². The predicted molar refractivity (Wildman–Crippen MR) is 94.1 cm³/mol. The zero-order chi connectivity index (χ0) is 17.5. The van der Waals surface area contributed by atoms with Gasteiger partial charge in [0.1, 0.15) is 0 Å². The maximum atomic E-state index is 12.8. The molecule has 0 aromatic carbocycles. The number of fused-ring (bicyclic) bond motifs is 1. The minimum absolute atomic E-state index is 0.102. The molecule has 24 heavy (non-hydrogen) atoms. The second-order valence-corrected chi connectivity index (χ2v) is 10.3. The second kappa shape index (κ2) is 6.57. The van der Waals surface area contributed by atoms with Gasteiger partial charge in [0.2, 0.25) is 15.9 Å². The van der Waals surface area contributed by atoms with Crippen molar-refractivity contribution in [3.05, 3.63) is 0 Å². The molecule has 0 N–H and O–H groups in total. The Labute approximate surface area is 146 Å². The summed E-state index contributed by atoms with van der Waals surface area (Å²) in [6, 6.07) is 0.102. The van der Waals surface area contributed by atoms with Crippen LogP contribution in [-0.4, -0.2) is 79.0 Å². The van der Waals surface area contributed by atoms with Crippen LogP contribution in [0.15, 0.2) is 0 Å². The Hall–Kier alpha value is -0.660. The highest BCUT2D eigenvalue weighted by Crippen LogP contribution is 2.31. The van der Waals surface area contributed by atoms with Crippen LogP contribution in [0.5, 0.6) is 0 Å². The molecule has 0 bridgehead atoms. The SMILES string of the molecule is CC1(C)CN(S(C)(=O)=O)CC2CN(C(=O)C3CCCCC3)CCN21. The number of hydrogen-bond acceptors (Lipinski definition) is 4. The van der Waals surface area contributed by atoms with Crippen molar-refractivity contribution in [1.82, 2.24) is 14.1 Å². The zero-order valence-electron chi connectivity index (χ0n) is 15.2. The van der Waals surface area contributed by atoms with Crippen LogP contribution >= 0.6 is 0 Å². The van der Waals surface area contributed by atoms with Gasteiger partial charge in [-0.1, -0.05) is 19.3 Å². The average molecular weight is 358 g/mol. The molecule has 3 fully saturated rings. The molecule has 0 radical (unpaired) electrons. The van der Waals surface area contributed by atoms with Crippen LogP contribution in [0.3, 0.4) is 0 Å². The molecule has 1 saturated carbocycles. The molecule has 7 heteroatoms. The van der Waals surface area contributed by atoms with Gasteiger partial charge in [0, 0.05) is 50.2 Å². The smallest absolute Gasteiger partial charge is 0.225 e. The summed E-state index contributed by atoms with van der Waals surface area (Å²) < 4.78 is 25.7. The first-order valence-electron chi connectivity index (χ1n) is 9.19. The molecule has 2 heterocycles. The van der Waals surface area contributed by atoms with Gasteiger partial charge in [0.25, 0.3) is 0 Å². The van der Waals surface area contributed by atoms with E-state index in [1.807, 2.05) is 4.90 Å². The highest BCUT2D eigenvalue weighted by Gasteiger charge is 2.45. The fraction of sp³-hybridized carbons (Fsp3) is 0.941. The standard InChI is InChI=1S/C17H31N3O3S/c1-17(2)13-19(24(3,22)23)12-15-11-18(9-10-20(15)17)16(21)14-7-5-4-6-8-14/h14-15H,4-13H2,1-3H3. The van der Waals surface area contributed by atoms with Gasteiger partial charge in [0.15, 0.2) is 0 Å². The lowest BCUT2D eigenvalue weighted by atomic mass is 9.87. The van der Waals surface area contributed by atoms with E-state index < -0.39 is 10.0 Å².